The molecule has 3 heterocycles. The fourth-order valence-corrected chi connectivity index (χ4v) is 4.98. The summed E-state index contributed by atoms with van der Waals surface area (Å²) < 4.78 is 5.52. The minimum Gasteiger partial charge on any atom is -0.422 e. The molecule has 3 aromatic carbocycles. The number of aromatic nitrogens is 1. The molecule has 33 heavy (non-hydrogen) atoms. The van der Waals surface area contributed by atoms with Crippen LogP contribution in [-0.4, -0.2) is 10.7 Å². The lowest BCUT2D eigenvalue weighted by molar-refractivity contribution is 0.563. The van der Waals surface area contributed by atoms with E-state index in [1.54, 1.807) is 6.07 Å². The molecule has 1 atom stereocenters. The number of anilines is 1. The summed E-state index contributed by atoms with van der Waals surface area (Å²) in [6, 6.07) is 29.9. The van der Waals surface area contributed by atoms with Crippen LogP contribution >= 0.6 is 11.3 Å². The van der Waals surface area contributed by atoms with Crippen molar-refractivity contribution in [3.63, 3.8) is 0 Å². The summed E-state index contributed by atoms with van der Waals surface area (Å²) in [4.78, 5) is 17.5. The molecule has 0 radical (unpaired) electrons. The van der Waals surface area contributed by atoms with Crippen LogP contribution in [0.3, 0.4) is 0 Å². The van der Waals surface area contributed by atoms with Gasteiger partial charge in [-0.05, 0) is 23.3 Å². The first kappa shape index (κ1) is 19.6. The van der Waals surface area contributed by atoms with Gasteiger partial charge in [0, 0.05) is 17.2 Å². The molecule has 2 aromatic heterocycles. The maximum Gasteiger partial charge on any atom is 0.345 e. The zero-order chi connectivity index (χ0) is 22.2. The lowest BCUT2D eigenvalue weighted by Crippen LogP contribution is -2.18. The summed E-state index contributed by atoms with van der Waals surface area (Å²) in [5.74, 6) is 0. The molecule has 0 saturated heterocycles. The zero-order valence-corrected chi connectivity index (χ0v) is 18.4. The number of rotatable bonds is 4. The third-order valence-electron chi connectivity index (χ3n) is 5.81. The predicted octanol–water partition coefficient (Wildman–Crippen LogP) is 6.27. The average molecular weight is 450 g/mol. The van der Waals surface area contributed by atoms with Crippen LogP contribution in [-0.2, 0) is 0 Å². The SMILES string of the molecule is O=c1oc2ccccc2cc1-c1csc(N2N=C(c3ccccc3)CC2c2ccccc2)n1. The Morgan fingerprint density at radius 1 is 0.909 bits per heavy atom. The van der Waals surface area contributed by atoms with E-state index in [-0.39, 0.29) is 11.7 Å². The van der Waals surface area contributed by atoms with Crippen molar-refractivity contribution >= 4 is 33.1 Å². The fourth-order valence-electron chi connectivity index (χ4n) is 4.16. The lowest BCUT2D eigenvalue weighted by Gasteiger charge is -2.21. The molecular formula is C27H19N3O2S. The molecule has 160 valence electrons. The van der Waals surface area contributed by atoms with Crippen LogP contribution < -0.4 is 10.6 Å². The van der Waals surface area contributed by atoms with Gasteiger partial charge in [-0.2, -0.15) is 5.10 Å². The first-order valence-electron chi connectivity index (χ1n) is 10.7. The third kappa shape index (κ3) is 3.64. The van der Waals surface area contributed by atoms with Gasteiger partial charge in [0.25, 0.3) is 0 Å². The topological polar surface area (TPSA) is 58.7 Å². The van der Waals surface area contributed by atoms with Crippen molar-refractivity contribution in [1.82, 2.24) is 4.98 Å². The Balaban J connectivity index is 1.42. The monoisotopic (exact) mass is 449 g/mol. The number of hydrazone groups is 1. The molecule has 6 rings (SSSR count). The molecule has 0 spiro atoms. The Morgan fingerprint density at radius 3 is 2.45 bits per heavy atom. The summed E-state index contributed by atoms with van der Waals surface area (Å²) in [7, 11) is 0. The van der Waals surface area contributed by atoms with Gasteiger partial charge in [0.05, 0.1) is 23.0 Å². The van der Waals surface area contributed by atoms with Crippen molar-refractivity contribution in [2.45, 2.75) is 12.5 Å². The van der Waals surface area contributed by atoms with E-state index in [1.807, 2.05) is 71.1 Å². The van der Waals surface area contributed by atoms with Crippen LogP contribution in [0.2, 0.25) is 0 Å². The van der Waals surface area contributed by atoms with Gasteiger partial charge in [-0.15, -0.1) is 11.3 Å². The van der Waals surface area contributed by atoms with E-state index < -0.39 is 0 Å². The molecule has 0 aliphatic carbocycles. The number of para-hydroxylation sites is 1. The van der Waals surface area contributed by atoms with Crippen LogP contribution in [0.25, 0.3) is 22.2 Å². The molecular weight excluding hydrogens is 430 g/mol. The summed E-state index contributed by atoms with van der Waals surface area (Å²) in [5.41, 5.74) is 4.54. The van der Waals surface area contributed by atoms with Crippen LogP contribution in [0.5, 0.6) is 0 Å². The Bertz CT molecular complexity index is 1520. The fraction of sp³-hybridized carbons (Fsp3) is 0.0741. The van der Waals surface area contributed by atoms with E-state index in [9.17, 15) is 4.79 Å². The van der Waals surface area contributed by atoms with E-state index in [4.69, 9.17) is 14.5 Å². The van der Waals surface area contributed by atoms with Crippen LogP contribution in [0.1, 0.15) is 23.6 Å². The first-order chi connectivity index (χ1) is 16.3. The molecule has 1 aliphatic rings. The quantitative estimate of drug-likeness (QED) is 0.303. The Kier molecular flexibility index (Phi) is 4.85. The predicted molar refractivity (Wildman–Crippen MR) is 133 cm³/mol. The molecule has 0 fully saturated rings. The molecule has 6 heteroatoms. The summed E-state index contributed by atoms with van der Waals surface area (Å²) in [6.45, 7) is 0. The number of benzene rings is 3. The molecule has 0 N–H and O–H groups in total. The second kappa shape index (κ2) is 8.15. The lowest BCUT2D eigenvalue weighted by atomic mass is 9.99. The molecule has 5 nitrogen and oxygen atoms in total. The Morgan fingerprint density at radius 2 is 1.64 bits per heavy atom. The van der Waals surface area contributed by atoms with E-state index in [2.05, 4.69) is 24.3 Å². The van der Waals surface area contributed by atoms with Gasteiger partial charge < -0.3 is 4.42 Å². The average Bonchev–Trinajstić information content (AvgIpc) is 3.52. The molecule has 0 saturated carbocycles. The van der Waals surface area contributed by atoms with Gasteiger partial charge in [0.15, 0.2) is 0 Å². The van der Waals surface area contributed by atoms with Crippen LogP contribution in [0, 0.1) is 0 Å². The molecule has 1 unspecified atom stereocenters. The van der Waals surface area contributed by atoms with E-state index in [1.165, 1.54) is 16.9 Å². The summed E-state index contributed by atoms with van der Waals surface area (Å²) in [6.07, 6.45) is 0.779. The number of hydrogen-bond donors (Lipinski definition) is 0. The normalized spacial score (nSPS) is 15.7. The molecule has 1 aliphatic heterocycles. The van der Waals surface area contributed by atoms with E-state index in [0.717, 1.165) is 28.2 Å². The van der Waals surface area contributed by atoms with Crippen molar-refractivity contribution in [3.8, 4) is 11.3 Å². The van der Waals surface area contributed by atoms with Crippen molar-refractivity contribution in [2.24, 2.45) is 5.10 Å². The highest BCUT2D eigenvalue weighted by Crippen LogP contribution is 2.39. The van der Waals surface area contributed by atoms with Crippen LogP contribution in [0.4, 0.5) is 5.13 Å². The summed E-state index contributed by atoms with van der Waals surface area (Å²) in [5, 5.41) is 10.5. The smallest absolute Gasteiger partial charge is 0.345 e. The minimum atomic E-state index is -0.389. The highest BCUT2D eigenvalue weighted by Gasteiger charge is 2.31. The highest BCUT2D eigenvalue weighted by molar-refractivity contribution is 7.14. The maximum absolute atomic E-state index is 12.6. The van der Waals surface area contributed by atoms with Crippen molar-refractivity contribution in [2.75, 3.05) is 5.01 Å². The number of nitrogens with zero attached hydrogens (tertiary/aromatic N) is 3. The first-order valence-corrected chi connectivity index (χ1v) is 11.6. The zero-order valence-electron chi connectivity index (χ0n) is 17.6. The maximum atomic E-state index is 12.6. The van der Waals surface area contributed by atoms with Gasteiger partial charge >= 0.3 is 5.63 Å². The molecule has 5 aromatic rings. The highest BCUT2D eigenvalue weighted by atomic mass is 32.1. The number of thiazole rings is 1. The van der Waals surface area contributed by atoms with Gasteiger partial charge in [0.2, 0.25) is 5.13 Å². The van der Waals surface area contributed by atoms with Crippen molar-refractivity contribution in [1.29, 1.82) is 0 Å². The van der Waals surface area contributed by atoms with Crippen LogP contribution in [0.15, 0.2) is 111 Å². The molecule has 0 bridgehead atoms. The van der Waals surface area contributed by atoms with Gasteiger partial charge in [-0.3, -0.25) is 0 Å². The van der Waals surface area contributed by atoms with Gasteiger partial charge in [-0.1, -0.05) is 78.9 Å². The Hall–Kier alpha value is -4.03. The van der Waals surface area contributed by atoms with Crippen molar-refractivity contribution < 1.29 is 4.42 Å². The van der Waals surface area contributed by atoms with Crippen molar-refractivity contribution in [3.05, 3.63) is 118 Å². The minimum absolute atomic E-state index is 0.0356. The number of hydrogen-bond acceptors (Lipinski definition) is 6. The third-order valence-corrected chi connectivity index (χ3v) is 6.64. The van der Waals surface area contributed by atoms with E-state index >= 15 is 0 Å². The Labute approximate surface area is 194 Å². The largest absolute Gasteiger partial charge is 0.422 e. The standard InChI is InChI=1S/C27H19N3O2S/c31-26-21(15-20-13-7-8-14-25(20)32-26)23-17-33-27(28-23)30-24(19-11-5-2-6-12-19)16-22(29-30)18-9-3-1-4-10-18/h1-15,17,24H,16H2. The number of fused-ring (bicyclic) bond motifs is 1. The van der Waals surface area contributed by atoms with E-state index in [0.29, 0.717) is 16.8 Å². The van der Waals surface area contributed by atoms with Gasteiger partial charge in [-0.25, -0.2) is 14.8 Å². The second-order valence-electron chi connectivity index (χ2n) is 7.89. The summed E-state index contributed by atoms with van der Waals surface area (Å²) >= 11 is 1.48. The second-order valence-corrected chi connectivity index (χ2v) is 8.73. The molecule has 0 amide bonds. The van der Waals surface area contributed by atoms with Gasteiger partial charge in [0.1, 0.15) is 5.58 Å².